The van der Waals surface area contributed by atoms with Crippen LogP contribution in [0.4, 0.5) is 0 Å². The van der Waals surface area contributed by atoms with E-state index in [1.807, 2.05) is 30.3 Å². The highest BCUT2D eigenvalue weighted by Crippen LogP contribution is 2.44. The summed E-state index contributed by atoms with van der Waals surface area (Å²) >= 11 is 0. The standard InChI is InChI=1S/C57H37N3O/c1-4-16-40(17-5-1)45-22-10-12-24-47(45)49-36-52-53(37-50(49)48-25-13-11-23-46(48)41-18-6-2-7-19-41)59-56(55(58-52)42-20-8-3-9-21-42)43-32-28-38(29-33-43)39-30-34-44(35-31-39)57-60-51-26-14-15-27-54(51)61-57/h1-37H. The number of fused-ring (bicyclic) bond motifs is 2. The molecule has 0 saturated heterocycles. The van der Waals surface area contributed by atoms with Crippen molar-refractivity contribution < 1.29 is 4.42 Å². The largest absolute Gasteiger partial charge is 0.436 e. The lowest BCUT2D eigenvalue weighted by Gasteiger charge is -2.19. The second-order valence-corrected chi connectivity index (χ2v) is 15.1. The van der Waals surface area contributed by atoms with Crippen molar-refractivity contribution in [2.75, 3.05) is 0 Å². The van der Waals surface area contributed by atoms with E-state index in [9.17, 15) is 0 Å². The van der Waals surface area contributed by atoms with Crippen LogP contribution in [-0.2, 0) is 0 Å². The van der Waals surface area contributed by atoms with Crippen molar-refractivity contribution in [3.63, 3.8) is 0 Å². The minimum atomic E-state index is 0.616. The molecule has 2 aromatic heterocycles. The Labute approximate surface area is 354 Å². The van der Waals surface area contributed by atoms with Crippen molar-refractivity contribution >= 4 is 22.1 Å². The molecule has 0 radical (unpaired) electrons. The summed E-state index contributed by atoms with van der Waals surface area (Å²) in [6.45, 7) is 0. The molecule has 4 nitrogen and oxygen atoms in total. The molecule has 0 saturated carbocycles. The van der Waals surface area contributed by atoms with Gasteiger partial charge in [-0.25, -0.2) is 15.0 Å². The van der Waals surface area contributed by atoms with Crippen LogP contribution in [0, 0.1) is 0 Å². The van der Waals surface area contributed by atoms with Gasteiger partial charge < -0.3 is 4.42 Å². The molecule has 0 aliphatic rings. The van der Waals surface area contributed by atoms with E-state index in [1.54, 1.807) is 0 Å². The molecule has 2 heterocycles. The number of hydrogen-bond donors (Lipinski definition) is 0. The van der Waals surface area contributed by atoms with Crippen LogP contribution in [0.25, 0.3) is 112 Å². The lowest BCUT2D eigenvalue weighted by molar-refractivity contribution is 0.620. The van der Waals surface area contributed by atoms with Gasteiger partial charge in [0.25, 0.3) is 0 Å². The molecule has 11 aromatic rings. The van der Waals surface area contributed by atoms with Gasteiger partial charge in [0.15, 0.2) is 5.58 Å². The molecule has 0 amide bonds. The third-order valence-corrected chi connectivity index (χ3v) is 11.4. The van der Waals surface area contributed by atoms with E-state index in [0.717, 1.165) is 106 Å². The van der Waals surface area contributed by atoms with Gasteiger partial charge in [0, 0.05) is 16.7 Å². The summed E-state index contributed by atoms with van der Waals surface area (Å²) in [5.74, 6) is 0.616. The van der Waals surface area contributed by atoms with Crippen molar-refractivity contribution in [1.29, 1.82) is 0 Å². The second-order valence-electron chi connectivity index (χ2n) is 15.1. The summed E-state index contributed by atoms with van der Waals surface area (Å²) in [5, 5.41) is 0. The van der Waals surface area contributed by atoms with Crippen LogP contribution in [0.3, 0.4) is 0 Å². The van der Waals surface area contributed by atoms with Crippen molar-refractivity contribution in [1.82, 2.24) is 15.0 Å². The second kappa shape index (κ2) is 15.5. The quantitative estimate of drug-likeness (QED) is 0.154. The van der Waals surface area contributed by atoms with Gasteiger partial charge in [-0.1, -0.05) is 188 Å². The van der Waals surface area contributed by atoms with Gasteiger partial charge in [-0.05, 0) is 92.0 Å². The topological polar surface area (TPSA) is 51.8 Å². The first-order chi connectivity index (χ1) is 30.2. The fraction of sp³-hybridized carbons (Fsp3) is 0. The molecule has 61 heavy (non-hydrogen) atoms. The maximum atomic E-state index is 6.03. The van der Waals surface area contributed by atoms with Gasteiger partial charge in [0.2, 0.25) is 5.89 Å². The number of aromatic nitrogens is 3. The van der Waals surface area contributed by atoms with E-state index in [4.69, 9.17) is 14.4 Å². The van der Waals surface area contributed by atoms with Crippen LogP contribution in [-0.4, -0.2) is 15.0 Å². The van der Waals surface area contributed by atoms with E-state index < -0.39 is 0 Å². The van der Waals surface area contributed by atoms with Crippen LogP contribution in [0.1, 0.15) is 0 Å². The molecule has 11 rings (SSSR count). The van der Waals surface area contributed by atoms with E-state index in [-0.39, 0.29) is 0 Å². The number of oxazole rings is 1. The predicted molar refractivity (Wildman–Crippen MR) is 251 cm³/mol. The highest BCUT2D eigenvalue weighted by Gasteiger charge is 2.20. The number of nitrogens with zero attached hydrogens (tertiary/aromatic N) is 3. The SMILES string of the molecule is c1ccc(-c2ccccc2-c2cc3nc(-c4ccccc4)c(-c4ccc(-c5ccc(-c6nc7ccccc7o6)cc5)cc4)nc3cc2-c2ccccc2-c2ccccc2)cc1. The first-order valence-corrected chi connectivity index (χ1v) is 20.5. The molecular formula is C57H37N3O. The Hall–Kier alpha value is -8.21. The molecule has 0 atom stereocenters. The summed E-state index contributed by atoms with van der Waals surface area (Å²) in [5.41, 5.74) is 19.2. The highest BCUT2D eigenvalue weighted by molar-refractivity contribution is 6.01. The molecule has 0 spiro atoms. The fourth-order valence-electron chi connectivity index (χ4n) is 8.34. The molecule has 0 bridgehead atoms. The predicted octanol–water partition coefficient (Wildman–Crippen LogP) is 15.1. The molecule has 0 N–H and O–H groups in total. The third kappa shape index (κ3) is 6.86. The van der Waals surface area contributed by atoms with Gasteiger partial charge in [-0.3, -0.25) is 0 Å². The fourth-order valence-corrected chi connectivity index (χ4v) is 8.34. The van der Waals surface area contributed by atoms with E-state index in [2.05, 4.69) is 199 Å². The summed E-state index contributed by atoms with van der Waals surface area (Å²) in [4.78, 5) is 15.7. The Morgan fingerprint density at radius 1 is 0.246 bits per heavy atom. The van der Waals surface area contributed by atoms with Crippen LogP contribution < -0.4 is 0 Å². The Morgan fingerprint density at radius 2 is 0.623 bits per heavy atom. The third-order valence-electron chi connectivity index (χ3n) is 11.4. The lowest BCUT2D eigenvalue weighted by Crippen LogP contribution is -1.98. The average molecular weight is 780 g/mol. The zero-order chi connectivity index (χ0) is 40.5. The minimum absolute atomic E-state index is 0.616. The number of para-hydroxylation sites is 2. The van der Waals surface area contributed by atoms with Gasteiger partial charge >= 0.3 is 0 Å². The summed E-state index contributed by atoms with van der Waals surface area (Å²) < 4.78 is 6.03. The number of hydrogen-bond acceptors (Lipinski definition) is 4. The van der Waals surface area contributed by atoms with E-state index in [1.165, 1.54) is 0 Å². The van der Waals surface area contributed by atoms with Crippen LogP contribution >= 0.6 is 0 Å². The van der Waals surface area contributed by atoms with Crippen molar-refractivity contribution in [2.45, 2.75) is 0 Å². The van der Waals surface area contributed by atoms with Crippen molar-refractivity contribution in [3.05, 3.63) is 224 Å². The summed E-state index contributed by atoms with van der Waals surface area (Å²) in [7, 11) is 0. The number of rotatable bonds is 8. The average Bonchev–Trinajstić information content (AvgIpc) is 3.79. The Morgan fingerprint density at radius 3 is 1.11 bits per heavy atom. The molecule has 4 heteroatoms. The molecule has 0 aliphatic carbocycles. The molecular weight excluding hydrogens is 743 g/mol. The molecule has 0 fully saturated rings. The van der Waals surface area contributed by atoms with Gasteiger partial charge in [0.1, 0.15) is 5.52 Å². The van der Waals surface area contributed by atoms with Crippen LogP contribution in [0.5, 0.6) is 0 Å². The molecule has 286 valence electrons. The Balaban J connectivity index is 1.06. The molecule has 0 unspecified atom stereocenters. The van der Waals surface area contributed by atoms with Crippen LogP contribution in [0.2, 0.25) is 0 Å². The first-order valence-electron chi connectivity index (χ1n) is 20.5. The number of benzene rings is 9. The maximum absolute atomic E-state index is 6.03. The molecule has 9 aromatic carbocycles. The normalized spacial score (nSPS) is 11.3. The Bertz CT molecular complexity index is 3290. The first kappa shape index (κ1) is 35.9. The van der Waals surface area contributed by atoms with E-state index >= 15 is 0 Å². The monoisotopic (exact) mass is 779 g/mol. The van der Waals surface area contributed by atoms with Crippen molar-refractivity contribution in [3.8, 4) is 89.6 Å². The van der Waals surface area contributed by atoms with Gasteiger partial charge in [-0.2, -0.15) is 0 Å². The maximum Gasteiger partial charge on any atom is 0.227 e. The van der Waals surface area contributed by atoms with E-state index in [0.29, 0.717) is 5.89 Å². The minimum Gasteiger partial charge on any atom is -0.436 e. The summed E-state index contributed by atoms with van der Waals surface area (Å²) in [6, 6.07) is 78.3. The summed E-state index contributed by atoms with van der Waals surface area (Å²) in [6.07, 6.45) is 0. The van der Waals surface area contributed by atoms with Gasteiger partial charge in [0.05, 0.1) is 22.4 Å². The Kier molecular flexibility index (Phi) is 9.14. The zero-order valence-corrected chi connectivity index (χ0v) is 33.1. The van der Waals surface area contributed by atoms with Crippen LogP contribution in [0.15, 0.2) is 229 Å². The zero-order valence-electron chi connectivity index (χ0n) is 33.1. The van der Waals surface area contributed by atoms with Gasteiger partial charge in [-0.15, -0.1) is 0 Å². The highest BCUT2D eigenvalue weighted by atomic mass is 16.3. The van der Waals surface area contributed by atoms with Crippen molar-refractivity contribution in [2.24, 2.45) is 0 Å². The lowest BCUT2D eigenvalue weighted by atomic mass is 9.86. The molecule has 0 aliphatic heterocycles. The smallest absolute Gasteiger partial charge is 0.227 e.